The van der Waals surface area contributed by atoms with Crippen molar-refractivity contribution in [2.24, 2.45) is 0 Å². The Kier molecular flexibility index (Phi) is 5.27. The van der Waals surface area contributed by atoms with Crippen LogP contribution in [0.3, 0.4) is 0 Å². The molecule has 0 bridgehead atoms. The molecule has 18 heavy (non-hydrogen) atoms. The highest BCUT2D eigenvalue weighted by atomic mass is 28.3. The number of carbonyl (C=O) groups is 1. The molecule has 0 unspecified atom stereocenters. The summed E-state index contributed by atoms with van der Waals surface area (Å²) in [5.41, 5.74) is 0.287. The lowest BCUT2D eigenvalue weighted by atomic mass is 10.3. The van der Waals surface area contributed by atoms with Crippen LogP contribution in [0.25, 0.3) is 0 Å². The second-order valence-corrected chi connectivity index (χ2v) is 10.7. The van der Waals surface area contributed by atoms with Gasteiger partial charge in [0, 0.05) is 14.3 Å². The first-order valence-corrected chi connectivity index (χ1v) is 9.74. The van der Waals surface area contributed by atoms with Gasteiger partial charge in [0.1, 0.15) is 11.9 Å². The van der Waals surface area contributed by atoms with Gasteiger partial charge in [-0.15, -0.1) is 0 Å². The van der Waals surface area contributed by atoms with E-state index in [0.717, 1.165) is 6.04 Å². The maximum Gasteiger partial charge on any atom is 0.345 e. The average Bonchev–Trinajstić information content (AvgIpc) is 2.28. The van der Waals surface area contributed by atoms with Gasteiger partial charge in [0.05, 0.1) is 13.2 Å². The molecule has 0 saturated heterocycles. The SMILES string of the molecule is CCOC(=O)c1cncnc1OCC[Si](C)(C)C. The van der Waals surface area contributed by atoms with E-state index < -0.39 is 14.0 Å². The van der Waals surface area contributed by atoms with Crippen molar-refractivity contribution < 1.29 is 14.3 Å². The van der Waals surface area contributed by atoms with E-state index >= 15 is 0 Å². The molecule has 0 aliphatic carbocycles. The maximum atomic E-state index is 11.7. The van der Waals surface area contributed by atoms with Crippen molar-refractivity contribution >= 4 is 14.0 Å². The molecular weight excluding hydrogens is 248 g/mol. The van der Waals surface area contributed by atoms with Gasteiger partial charge in [0.15, 0.2) is 0 Å². The average molecular weight is 268 g/mol. The van der Waals surface area contributed by atoms with Crippen LogP contribution in [-0.2, 0) is 4.74 Å². The van der Waals surface area contributed by atoms with Crippen LogP contribution in [0.4, 0.5) is 0 Å². The van der Waals surface area contributed by atoms with Crippen LogP contribution >= 0.6 is 0 Å². The van der Waals surface area contributed by atoms with Crippen molar-refractivity contribution in [2.75, 3.05) is 13.2 Å². The Morgan fingerprint density at radius 1 is 1.39 bits per heavy atom. The van der Waals surface area contributed by atoms with E-state index in [1.165, 1.54) is 12.5 Å². The predicted molar refractivity (Wildman–Crippen MR) is 71.6 cm³/mol. The monoisotopic (exact) mass is 268 g/mol. The molecule has 0 N–H and O–H groups in total. The zero-order valence-electron chi connectivity index (χ0n) is 11.4. The van der Waals surface area contributed by atoms with Crippen LogP contribution in [-0.4, -0.2) is 37.2 Å². The predicted octanol–water partition coefficient (Wildman–Crippen LogP) is 2.37. The van der Waals surface area contributed by atoms with Crippen molar-refractivity contribution in [1.82, 2.24) is 9.97 Å². The Bertz CT molecular complexity index is 405. The number of nitrogens with zero attached hydrogens (tertiary/aromatic N) is 2. The highest BCUT2D eigenvalue weighted by Crippen LogP contribution is 2.16. The van der Waals surface area contributed by atoms with Crippen LogP contribution in [0.1, 0.15) is 17.3 Å². The van der Waals surface area contributed by atoms with E-state index in [-0.39, 0.29) is 5.56 Å². The van der Waals surface area contributed by atoms with Crippen LogP contribution in [0.15, 0.2) is 12.5 Å². The third kappa shape index (κ3) is 4.83. The molecule has 0 aliphatic rings. The van der Waals surface area contributed by atoms with Crippen LogP contribution in [0, 0.1) is 0 Å². The van der Waals surface area contributed by atoms with Gasteiger partial charge >= 0.3 is 5.97 Å². The quantitative estimate of drug-likeness (QED) is 0.585. The molecule has 100 valence electrons. The molecule has 0 fully saturated rings. The lowest BCUT2D eigenvalue weighted by Crippen LogP contribution is -2.23. The summed E-state index contributed by atoms with van der Waals surface area (Å²) in [6, 6.07) is 1.01. The van der Waals surface area contributed by atoms with E-state index in [0.29, 0.717) is 19.1 Å². The molecule has 0 aliphatic heterocycles. The fourth-order valence-electron chi connectivity index (χ4n) is 1.24. The summed E-state index contributed by atoms with van der Waals surface area (Å²) in [6.07, 6.45) is 2.79. The third-order valence-corrected chi connectivity index (χ3v) is 3.97. The number of hydrogen-bond acceptors (Lipinski definition) is 5. The summed E-state index contributed by atoms with van der Waals surface area (Å²) in [4.78, 5) is 19.5. The molecule has 1 aromatic heterocycles. The number of ether oxygens (including phenoxy) is 2. The first kappa shape index (κ1) is 14.6. The zero-order chi connectivity index (χ0) is 13.6. The minimum absolute atomic E-state index is 0.287. The highest BCUT2D eigenvalue weighted by molar-refractivity contribution is 6.76. The number of hydrogen-bond donors (Lipinski definition) is 0. The first-order valence-electron chi connectivity index (χ1n) is 6.04. The smallest absolute Gasteiger partial charge is 0.345 e. The number of aromatic nitrogens is 2. The fraction of sp³-hybridized carbons (Fsp3) is 0.583. The topological polar surface area (TPSA) is 61.3 Å². The van der Waals surface area contributed by atoms with E-state index in [1.54, 1.807) is 6.92 Å². The van der Waals surface area contributed by atoms with Crippen molar-refractivity contribution in [1.29, 1.82) is 0 Å². The number of esters is 1. The molecule has 0 spiro atoms. The van der Waals surface area contributed by atoms with Crippen molar-refractivity contribution in [3.8, 4) is 5.88 Å². The largest absolute Gasteiger partial charge is 0.477 e. The Morgan fingerprint density at radius 3 is 2.72 bits per heavy atom. The fourth-order valence-corrected chi connectivity index (χ4v) is 1.95. The molecule has 0 radical (unpaired) electrons. The standard InChI is InChI=1S/C12H20N2O3Si/c1-5-16-12(15)10-8-13-9-14-11(10)17-6-7-18(2,3)4/h8-9H,5-7H2,1-4H3. The van der Waals surface area contributed by atoms with Gasteiger partial charge in [-0.05, 0) is 13.0 Å². The van der Waals surface area contributed by atoms with Gasteiger partial charge in [0.2, 0.25) is 5.88 Å². The van der Waals surface area contributed by atoms with E-state index in [4.69, 9.17) is 9.47 Å². The van der Waals surface area contributed by atoms with Gasteiger partial charge in [-0.2, -0.15) is 0 Å². The Balaban J connectivity index is 2.68. The Labute approximate surface area is 109 Å². The molecule has 1 rings (SSSR count). The normalized spacial score (nSPS) is 11.1. The molecule has 0 atom stereocenters. The van der Waals surface area contributed by atoms with Crippen LogP contribution in [0.5, 0.6) is 5.88 Å². The highest BCUT2D eigenvalue weighted by Gasteiger charge is 2.17. The lowest BCUT2D eigenvalue weighted by molar-refractivity contribution is 0.0520. The lowest BCUT2D eigenvalue weighted by Gasteiger charge is -2.16. The number of rotatable bonds is 6. The molecule has 6 heteroatoms. The van der Waals surface area contributed by atoms with Gasteiger partial charge in [0.25, 0.3) is 0 Å². The first-order chi connectivity index (χ1) is 8.44. The van der Waals surface area contributed by atoms with Gasteiger partial charge in [-0.1, -0.05) is 19.6 Å². The maximum absolute atomic E-state index is 11.7. The summed E-state index contributed by atoms with van der Waals surface area (Å²) in [7, 11) is -1.16. The molecular formula is C12H20N2O3Si. The van der Waals surface area contributed by atoms with E-state index in [9.17, 15) is 4.79 Å². The van der Waals surface area contributed by atoms with Gasteiger partial charge in [-0.25, -0.2) is 14.8 Å². The Hall–Kier alpha value is -1.43. The zero-order valence-corrected chi connectivity index (χ0v) is 12.4. The van der Waals surface area contributed by atoms with Gasteiger partial charge in [-0.3, -0.25) is 0 Å². The summed E-state index contributed by atoms with van der Waals surface area (Å²) in [6.45, 7) is 9.45. The van der Waals surface area contributed by atoms with Crippen molar-refractivity contribution in [3.63, 3.8) is 0 Å². The molecule has 1 heterocycles. The second-order valence-electron chi connectivity index (χ2n) is 5.12. The van der Waals surface area contributed by atoms with Crippen LogP contribution < -0.4 is 4.74 Å². The summed E-state index contributed by atoms with van der Waals surface area (Å²) >= 11 is 0. The second kappa shape index (κ2) is 6.49. The summed E-state index contributed by atoms with van der Waals surface area (Å²) in [5.74, 6) is -0.136. The third-order valence-electron chi connectivity index (χ3n) is 2.26. The molecule has 0 amide bonds. The molecule has 0 saturated carbocycles. The van der Waals surface area contributed by atoms with E-state index in [2.05, 4.69) is 29.6 Å². The van der Waals surface area contributed by atoms with Crippen LogP contribution in [0.2, 0.25) is 25.7 Å². The minimum Gasteiger partial charge on any atom is -0.477 e. The number of carbonyl (C=O) groups excluding carboxylic acids is 1. The summed E-state index contributed by atoms with van der Waals surface area (Å²) < 4.78 is 10.5. The van der Waals surface area contributed by atoms with E-state index in [1.807, 2.05) is 0 Å². The molecule has 5 nitrogen and oxygen atoms in total. The van der Waals surface area contributed by atoms with Crippen molar-refractivity contribution in [2.45, 2.75) is 32.6 Å². The summed E-state index contributed by atoms with van der Waals surface area (Å²) in [5, 5.41) is 0. The molecule has 0 aromatic carbocycles. The minimum atomic E-state index is -1.16. The van der Waals surface area contributed by atoms with Gasteiger partial charge < -0.3 is 9.47 Å². The molecule has 1 aromatic rings. The van der Waals surface area contributed by atoms with Crippen molar-refractivity contribution in [3.05, 3.63) is 18.1 Å². The Morgan fingerprint density at radius 2 is 2.11 bits per heavy atom.